The monoisotopic (exact) mass is 123 g/mol. The standard InChI is InChI=1S/CFN2O2S/c2-7(5,6)4-1-3/q-1. The van der Waals surface area contributed by atoms with E-state index < -0.39 is 10.4 Å². The normalized spacial score (nSPS) is 9.86. The number of hydrogen-bond donors (Lipinski definition) is 0. The van der Waals surface area contributed by atoms with E-state index in [2.05, 4.69) is 0 Å². The van der Waals surface area contributed by atoms with Gasteiger partial charge in [-0.05, 0) is 0 Å². The highest BCUT2D eigenvalue weighted by Crippen LogP contribution is 1.86. The van der Waals surface area contributed by atoms with E-state index in [1.807, 2.05) is 4.40 Å². The first kappa shape index (κ1) is 6.26. The second-order valence-electron chi connectivity index (χ2n) is 0.603. The molecule has 0 atom stereocenters. The first-order chi connectivity index (χ1) is 3.06. The van der Waals surface area contributed by atoms with Crippen molar-refractivity contribution in [3.8, 4) is 0 Å². The van der Waals surface area contributed by atoms with E-state index in [0.29, 0.717) is 0 Å². The van der Waals surface area contributed by atoms with Crippen LogP contribution in [-0.4, -0.2) is 14.4 Å². The lowest BCUT2D eigenvalue weighted by Crippen LogP contribution is -1.78. The van der Waals surface area contributed by atoms with Crippen molar-refractivity contribution in [2.24, 2.45) is 4.40 Å². The molecular weight excluding hydrogens is 123 g/mol. The highest BCUT2D eigenvalue weighted by atomic mass is 32.3. The lowest BCUT2D eigenvalue weighted by molar-refractivity contribution is 0.554. The number of halogens is 1. The Bertz CT molecular complexity index is 188. The molecule has 7 heavy (non-hydrogen) atoms. The van der Waals surface area contributed by atoms with Gasteiger partial charge in [-0.2, -0.15) is 8.42 Å². The maximum absolute atomic E-state index is 11.0. The third-order valence-electron chi connectivity index (χ3n) is 0.150. The Hall–Kier alpha value is -0.740. The van der Waals surface area contributed by atoms with Gasteiger partial charge in [0.05, 0.1) is 0 Å². The van der Waals surface area contributed by atoms with Crippen molar-refractivity contribution >= 4 is 16.4 Å². The van der Waals surface area contributed by atoms with Crippen molar-refractivity contribution in [2.45, 2.75) is 0 Å². The topological polar surface area (TPSA) is 68.8 Å². The molecule has 6 heteroatoms. The molecule has 0 N–H and O–H groups in total. The SMILES string of the molecule is [N-]=C=NS(=O)(=O)F. The van der Waals surface area contributed by atoms with Crippen LogP contribution in [0.3, 0.4) is 0 Å². The van der Waals surface area contributed by atoms with Crippen molar-refractivity contribution in [3.63, 3.8) is 0 Å². The minimum absolute atomic E-state index is 0.770. The second-order valence-corrected chi connectivity index (χ2v) is 1.61. The zero-order valence-corrected chi connectivity index (χ0v) is 3.81. The van der Waals surface area contributed by atoms with Gasteiger partial charge in [0.25, 0.3) is 0 Å². The maximum Gasteiger partial charge on any atom is 0.337 e. The average Bonchev–Trinajstić information content (AvgIpc) is 1.30. The van der Waals surface area contributed by atoms with Gasteiger partial charge in [0, 0.05) is 0 Å². The summed E-state index contributed by atoms with van der Waals surface area (Å²) in [6, 6.07) is 0.770. The highest BCUT2D eigenvalue weighted by molar-refractivity contribution is 7.85. The van der Waals surface area contributed by atoms with Crippen LogP contribution in [0.5, 0.6) is 0 Å². The fourth-order valence-corrected chi connectivity index (χ4v) is 0.146. The Morgan fingerprint density at radius 3 is 2.14 bits per heavy atom. The number of nitrogens with zero attached hydrogens (tertiary/aromatic N) is 2. The van der Waals surface area contributed by atoms with Gasteiger partial charge in [-0.25, -0.2) is 0 Å². The predicted molar refractivity (Wildman–Crippen MR) is 20.8 cm³/mol. The first-order valence-corrected chi connectivity index (χ1v) is 2.46. The molecule has 0 aliphatic heterocycles. The molecule has 0 bridgehead atoms. The minimum Gasteiger partial charge on any atom is -0.421 e. The Kier molecular flexibility index (Phi) is 1.62. The summed E-state index contributed by atoms with van der Waals surface area (Å²) in [5.41, 5.74) is 0. The van der Waals surface area contributed by atoms with Crippen molar-refractivity contribution in [3.05, 3.63) is 5.41 Å². The molecular formula is CFN2O2S-. The molecule has 40 valence electrons. The average molecular weight is 123 g/mol. The van der Waals surface area contributed by atoms with Gasteiger partial charge in [0.2, 0.25) is 0 Å². The molecule has 0 saturated heterocycles. The van der Waals surface area contributed by atoms with Gasteiger partial charge >= 0.3 is 10.4 Å². The van der Waals surface area contributed by atoms with E-state index in [1.165, 1.54) is 0 Å². The fraction of sp³-hybridized carbons (Fsp3) is 0. The van der Waals surface area contributed by atoms with Crippen LogP contribution in [-0.2, 0) is 10.4 Å². The molecule has 4 nitrogen and oxygen atoms in total. The molecule has 0 aromatic rings. The summed E-state index contributed by atoms with van der Waals surface area (Å²) < 4.78 is 31.2. The summed E-state index contributed by atoms with van der Waals surface area (Å²) in [4.78, 5) is 0. The second kappa shape index (κ2) is 1.81. The van der Waals surface area contributed by atoms with Crippen LogP contribution < -0.4 is 0 Å². The van der Waals surface area contributed by atoms with Crippen molar-refractivity contribution in [1.82, 2.24) is 0 Å². The molecule has 0 aromatic heterocycles. The van der Waals surface area contributed by atoms with Crippen molar-refractivity contribution < 1.29 is 12.3 Å². The summed E-state index contributed by atoms with van der Waals surface area (Å²) in [5, 5.41) is 7.37. The molecule has 0 unspecified atom stereocenters. The molecule has 0 radical (unpaired) electrons. The van der Waals surface area contributed by atoms with Gasteiger partial charge < -0.3 is 5.41 Å². The largest absolute Gasteiger partial charge is 0.421 e. The molecule has 0 saturated carbocycles. The summed E-state index contributed by atoms with van der Waals surface area (Å²) in [6.07, 6.45) is 0. The van der Waals surface area contributed by atoms with E-state index >= 15 is 0 Å². The maximum atomic E-state index is 11.0. The third-order valence-corrected chi connectivity index (χ3v) is 0.450. The third kappa shape index (κ3) is 5.26. The molecule has 0 heterocycles. The lowest BCUT2D eigenvalue weighted by atomic mass is 11.6. The van der Waals surface area contributed by atoms with Gasteiger partial charge in [-0.15, -0.1) is 9.89 Å². The summed E-state index contributed by atoms with van der Waals surface area (Å²) in [6.45, 7) is 0. The zero-order valence-electron chi connectivity index (χ0n) is 3.00. The molecule has 0 fully saturated rings. The molecule has 0 aliphatic rings. The predicted octanol–water partition coefficient (Wildman–Crippen LogP) is -0.0560. The summed E-state index contributed by atoms with van der Waals surface area (Å²) in [5.74, 6) is 0. The quantitative estimate of drug-likeness (QED) is 0.362. The van der Waals surface area contributed by atoms with E-state index in [-0.39, 0.29) is 0 Å². The highest BCUT2D eigenvalue weighted by Gasteiger charge is 1.87. The van der Waals surface area contributed by atoms with Gasteiger partial charge in [-0.1, -0.05) is 0 Å². The minimum atomic E-state index is -4.91. The number of hydrogen-bond acceptors (Lipinski definition) is 2. The van der Waals surface area contributed by atoms with Gasteiger partial charge in [0.15, 0.2) is 0 Å². The lowest BCUT2D eigenvalue weighted by Gasteiger charge is -1.79. The smallest absolute Gasteiger partial charge is 0.337 e. The van der Waals surface area contributed by atoms with Crippen molar-refractivity contribution in [1.29, 1.82) is 0 Å². The summed E-state index contributed by atoms with van der Waals surface area (Å²) >= 11 is 0. The zero-order chi connectivity index (χ0) is 5.91. The number of rotatable bonds is 1. The van der Waals surface area contributed by atoms with Crippen LogP contribution in [0, 0.1) is 0 Å². The summed E-state index contributed by atoms with van der Waals surface area (Å²) in [7, 11) is -4.91. The molecule has 0 aliphatic carbocycles. The van der Waals surface area contributed by atoms with Gasteiger partial charge in [-0.3, -0.25) is 4.40 Å². The molecule has 0 aromatic carbocycles. The van der Waals surface area contributed by atoms with Crippen LogP contribution in [0.4, 0.5) is 3.89 Å². The van der Waals surface area contributed by atoms with Crippen LogP contribution in [0.2, 0.25) is 0 Å². The molecule has 0 spiro atoms. The molecule has 0 rings (SSSR count). The van der Waals surface area contributed by atoms with Crippen LogP contribution in [0.15, 0.2) is 4.40 Å². The van der Waals surface area contributed by atoms with E-state index in [0.717, 1.165) is 6.01 Å². The Labute approximate surface area is 39.5 Å². The Morgan fingerprint density at radius 1 is 1.71 bits per heavy atom. The van der Waals surface area contributed by atoms with Crippen LogP contribution in [0.1, 0.15) is 0 Å². The van der Waals surface area contributed by atoms with Crippen molar-refractivity contribution in [2.75, 3.05) is 0 Å². The van der Waals surface area contributed by atoms with Gasteiger partial charge in [0.1, 0.15) is 0 Å². The fourth-order valence-electron chi connectivity index (χ4n) is 0.0488. The molecule has 0 amide bonds. The van der Waals surface area contributed by atoms with E-state index in [1.54, 1.807) is 0 Å². The first-order valence-electron chi connectivity index (χ1n) is 1.12. The Morgan fingerprint density at radius 2 is 2.14 bits per heavy atom. The Balaban J connectivity index is 4.44. The van der Waals surface area contributed by atoms with E-state index in [9.17, 15) is 12.3 Å². The van der Waals surface area contributed by atoms with Crippen LogP contribution >= 0.6 is 0 Å². The van der Waals surface area contributed by atoms with E-state index in [4.69, 9.17) is 5.41 Å². The van der Waals surface area contributed by atoms with Crippen LogP contribution in [0.25, 0.3) is 5.41 Å².